The van der Waals surface area contributed by atoms with Crippen molar-refractivity contribution in [1.82, 2.24) is 5.32 Å². The summed E-state index contributed by atoms with van der Waals surface area (Å²) in [5.41, 5.74) is 2.96. The van der Waals surface area contributed by atoms with E-state index >= 15 is 0 Å². The van der Waals surface area contributed by atoms with Crippen molar-refractivity contribution in [2.45, 2.75) is 65.0 Å². The van der Waals surface area contributed by atoms with E-state index in [1.165, 1.54) is 18.4 Å². The first-order valence-corrected chi connectivity index (χ1v) is 11.9. The van der Waals surface area contributed by atoms with Crippen molar-refractivity contribution in [3.63, 3.8) is 0 Å². The molecule has 0 aromatic heterocycles. The largest absolute Gasteiger partial charge is 0.453 e. The van der Waals surface area contributed by atoms with Crippen LogP contribution in [0, 0.1) is 13.8 Å². The van der Waals surface area contributed by atoms with Gasteiger partial charge in [-0.3, -0.25) is 4.79 Å². The third kappa shape index (κ3) is 6.02. The normalized spacial score (nSPS) is 14.8. The minimum Gasteiger partial charge on any atom is -0.453 e. The molecule has 4 rings (SSSR count). The van der Waals surface area contributed by atoms with Gasteiger partial charge in [0.1, 0.15) is 11.5 Å². The van der Waals surface area contributed by atoms with Crippen LogP contribution >= 0.6 is 0 Å². The first-order chi connectivity index (χ1) is 16.0. The number of aryl methyl sites for hydroxylation is 2. The van der Waals surface area contributed by atoms with Gasteiger partial charge in [-0.2, -0.15) is 0 Å². The van der Waals surface area contributed by atoms with Gasteiger partial charge in [-0.1, -0.05) is 55.2 Å². The minimum atomic E-state index is -0.191. The molecule has 0 aliphatic heterocycles. The van der Waals surface area contributed by atoms with Crippen LogP contribution in [0.5, 0.6) is 23.0 Å². The molecule has 1 unspecified atom stereocenters. The lowest BCUT2D eigenvalue weighted by atomic mass is 10.0. The van der Waals surface area contributed by atoms with Crippen molar-refractivity contribution in [2.75, 3.05) is 0 Å². The van der Waals surface area contributed by atoms with Gasteiger partial charge in [0.05, 0.1) is 6.04 Å². The van der Waals surface area contributed by atoms with Crippen LogP contribution in [-0.2, 0) is 0 Å². The van der Waals surface area contributed by atoms with E-state index in [0.29, 0.717) is 28.9 Å². The Morgan fingerprint density at radius 2 is 1.39 bits per heavy atom. The lowest BCUT2D eigenvalue weighted by molar-refractivity contribution is 0.0933. The minimum absolute atomic E-state index is 0.0973. The average molecular weight is 444 g/mol. The van der Waals surface area contributed by atoms with E-state index in [2.05, 4.69) is 12.2 Å². The Hall–Kier alpha value is -3.11. The summed E-state index contributed by atoms with van der Waals surface area (Å²) in [5.74, 6) is 2.63. The summed E-state index contributed by atoms with van der Waals surface area (Å²) in [4.78, 5) is 13.4. The maximum atomic E-state index is 13.4. The van der Waals surface area contributed by atoms with E-state index < -0.39 is 0 Å². The molecule has 1 saturated carbocycles. The quantitative estimate of drug-likeness (QED) is 0.350. The first-order valence-electron chi connectivity index (χ1n) is 11.9. The third-order valence-electron chi connectivity index (χ3n) is 6.24. The second kappa shape index (κ2) is 10.7. The van der Waals surface area contributed by atoms with Gasteiger partial charge in [0.2, 0.25) is 0 Å². The van der Waals surface area contributed by atoms with Crippen molar-refractivity contribution in [3.05, 3.63) is 83.4 Å². The second-order valence-electron chi connectivity index (χ2n) is 8.96. The monoisotopic (exact) mass is 443 g/mol. The number of hydrogen-bond donors (Lipinski definition) is 1. The highest BCUT2D eigenvalue weighted by atomic mass is 16.5. The molecular weight excluding hydrogens is 410 g/mol. The molecule has 0 amide bonds. The van der Waals surface area contributed by atoms with Crippen molar-refractivity contribution in [1.29, 1.82) is 0 Å². The molecule has 0 spiro atoms. The predicted molar refractivity (Wildman–Crippen MR) is 133 cm³/mol. The highest BCUT2D eigenvalue weighted by molar-refractivity contribution is 6.00. The van der Waals surface area contributed by atoms with Gasteiger partial charge in [0.25, 0.3) is 0 Å². The molecule has 0 radical (unpaired) electrons. The number of ether oxygens (including phenoxy) is 2. The van der Waals surface area contributed by atoms with Crippen LogP contribution in [-0.4, -0.2) is 17.9 Å². The highest BCUT2D eigenvalue weighted by Crippen LogP contribution is 2.36. The Bertz CT molecular complexity index is 1070. The Morgan fingerprint density at radius 1 is 0.848 bits per heavy atom. The molecule has 0 saturated heterocycles. The number of carbonyl (C=O) groups is 1. The van der Waals surface area contributed by atoms with Crippen LogP contribution in [0.25, 0.3) is 0 Å². The summed E-state index contributed by atoms with van der Waals surface area (Å²) in [6.45, 7) is 6.14. The molecule has 1 atom stereocenters. The molecule has 0 heterocycles. The summed E-state index contributed by atoms with van der Waals surface area (Å²) >= 11 is 0. The van der Waals surface area contributed by atoms with Gasteiger partial charge in [-0.25, -0.2) is 0 Å². The number of carbonyl (C=O) groups excluding carboxylic acids is 1. The van der Waals surface area contributed by atoms with Crippen molar-refractivity contribution < 1.29 is 14.3 Å². The lowest BCUT2D eigenvalue weighted by Crippen LogP contribution is -2.41. The van der Waals surface area contributed by atoms with Gasteiger partial charge in [-0.05, 0) is 75.6 Å². The Balaban J connectivity index is 1.61. The molecule has 0 bridgehead atoms. The molecule has 1 aliphatic carbocycles. The summed E-state index contributed by atoms with van der Waals surface area (Å²) in [5, 5.41) is 3.58. The van der Waals surface area contributed by atoms with Crippen LogP contribution in [0.4, 0.5) is 0 Å². The zero-order valence-electron chi connectivity index (χ0n) is 19.8. The highest BCUT2D eigenvalue weighted by Gasteiger charge is 2.25. The van der Waals surface area contributed by atoms with Crippen molar-refractivity contribution in [2.24, 2.45) is 0 Å². The molecule has 1 fully saturated rings. The fourth-order valence-corrected chi connectivity index (χ4v) is 4.25. The standard InChI is InChI=1S/C29H33NO3/c1-4-26(30-23-7-5-6-8-23)29(31)22-13-18-27(32-24-14-9-20(2)10-15-24)28(19-22)33-25-16-11-21(3)12-17-25/h9-19,23,26,30H,4-8H2,1-3H3. The molecule has 33 heavy (non-hydrogen) atoms. The van der Waals surface area contributed by atoms with Crippen LogP contribution in [0.2, 0.25) is 0 Å². The van der Waals surface area contributed by atoms with Crippen molar-refractivity contribution in [3.8, 4) is 23.0 Å². The van der Waals surface area contributed by atoms with Gasteiger partial charge in [0.15, 0.2) is 17.3 Å². The number of hydrogen-bond acceptors (Lipinski definition) is 4. The summed E-state index contributed by atoms with van der Waals surface area (Å²) < 4.78 is 12.3. The fourth-order valence-electron chi connectivity index (χ4n) is 4.25. The smallest absolute Gasteiger partial charge is 0.179 e. The van der Waals surface area contributed by atoms with Crippen LogP contribution in [0.3, 0.4) is 0 Å². The average Bonchev–Trinajstić information content (AvgIpc) is 3.34. The molecule has 3 aromatic carbocycles. The van der Waals surface area contributed by atoms with Crippen LogP contribution < -0.4 is 14.8 Å². The Kier molecular flexibility index (Phi) is 7.46. The number of benzene rings is 3. The number of rotatable bonds is 9. The zero-order valence-corrected chi connectivity index (χ0v) is 19.8. The van der Waals surface area contributed by atoms with E-state index in [9.17, 15) is 4.79 Å². The summed E-state index contributed by atoms with van der Waals surface area (Å²) in [6, 6.07) is 21.5. The summed E-state index contributed by atoms with van der Waals surface area (Å²) in [6.07, 6.45) is 5.53. The topological polar surface area (TPSA) is 47.6 Å². The molecule has 4 heteroatoms. The third-order valence-corrected chi connectivity index (χ3v) is 6.24. The van der Waals surface area contributed by atoms with Crippen LogP contribution in [0.15, 0.2) is 66.7 Å². The van der Waals surface area contributed by atoms with E-state index in [4.69, 9.17) is 9.47 Å². The van der Waals surface area contributed by atoms with Gasteiger partial charge < -0.3 is 14.8 Å². The molecule has 172 valence electrons. The fraction of sp³-hybridized carbons (Fsp3) is 0.345. The Morgan fingerprint density at radius 3 is 1.94 bits per heavy atom. The van der Waals surface area contributed by atoms with Crippen LogP contribution in [0.1, 0.15) is 60.5 Å². The maximum Gasteiger partial charge on any atom is 0.179 e. The van der Waals surface area contributed by atoms with Crippen molar-refractivity contribution >= 4 is 5.78 Å². The van der Waals surface area contributed by atoms with Gasteiger partial charge in [0, 0.05) is 11.6 Å². The predicted octanol–water partition coefficient (Wildman–Crippen LogP) is 7.38. The van der Waals surface area contributed by atoms with Gasteiger partial charge in [-0.15, -0.1) is 0 Å². The number of nitrogens with one attached hydrogen (secondary N) is 1. The number of Topliss-reactive ketones (excluding diaryl/α,β-unsaturated/α-hetero) is 1. The second-order valence-corrected chi connectivity index (χ2v) is 8.96. The lowest BCUT2D eigenvalue weighted by Gasteiger charge is -2.21. The molecule has 3 aromatic rings. The Labute approximate surface area is 196 Å². The van der Waals surface area contributed by atoms with E-state index in [1.54, 1.807) is 0 Å². The van der Waals surface area contributed by atoms with E-state index in [-0.39, 0.29) is 11.8 Å². The number of ketones is 1. The zero-order chi connectivity index (χ0) is 23.2. The molecular formula is C29H33NO3. The summed E-state index contributed by atoms with van der Waals surface area (Å²) in [7, 11) is 0. The molecule has 1 N–H and O–H groups in total. The van der Waals surface area contributed by atoms with E-state index in [1.807, 2.05) is 80.6 Å². The first kappa shape index (κ1) is 23.1. The van der Waals surface area contributed by atoms with Gasteiger partial charge >= 0.3 is 0 Å². The van der Waals surface area contributed by atoms with E-state index in [0.717, 1.165) is 30.6 Å². The maximum absolute atomic E-state index is 13.4. The molecule has 4 nitrogen and oxygen atoms in total. The molecule has 1 aliphatic rings. The SMILES string of the molecule is CCC(NC1CCCC1)C(=O)c1ccc(Oc2ccc(C)cc2)c(Oc2ccc(C)cc2)c1.